The first-order valence-electron chi connectivity index (χ1n) is 5.38. The average molecular weight is 248 g/mol. The largest absolute Gasteiger partial charge is 0.508 e. The minimum atomic E-state index is -0.797. The van der Waals surface area contributed by atoms with Crippen molar-refractivity contribution in [3.63, 3.8) is 0 Å². The van der Waals surface area contributed by atoms with Crippen molar-refractivity contribution in [2.45, 2.75) is 33.3 Å². The smallest absolute Gasteiger partial charge is 0.462 e. The van der Waals surface area contributed by atoms with Crippen LogP contribution in [0.25, 0.3) is 0 Å². The van der Waals surface area contributed by atoms with Crippen molar-refractivity contribution in [2.75, 3.05) is 26.4 Å². The summed E-state index contributed by atoms with van der Waals surface area (Å²) in [7, 11) is 0. The first kappa shape index (κ1) is 15.7. The van der Waals surface area contributed by atoms with E-state index in [1.54, 1.807) is 0 Å². The van der Waals surface area contributed by atoms with Crippen LogP contribution in [0.4, 0.5) is 4.79 Å². The van der Waals surface area contributed by atoms with E-state index in [-0.39, 0.29) is 25.4 Å². The monoisotopic (exact) mass is 248 g/mol. The van der Waals surface area contributed by atoms with Gasteiger partial charge in [-0.1, -0.05) is 0 Å². The van der Waals surface area contributed by atoms with Crippen LogP contribution in [0, 0.1) is 0 Å². The molecule has 0 aliphatic carbocycles. The van der Waals surface area contributed by atoms with Crippen molar-refractivity contribution >= 4 is 12.1 Å². The zero-order chi connectivity index (χ0) is 13.3. The summed E-state index contributed by atoms with van der Waals surface area (Å²) in [6.45, 7) is 7.45. The number of ether oxygens (including phenoxy) is 4. The fourth-order valence-electron chi connectivity index (χ4n) is 0.825. The molecule has 0 saturated heterocycles. The highest BCUT2D eigenvalue weighted by atomic mass is 16.7. The molecule has 0 unspecified atom stereocenters. The Labute approximate surface area is 101 Å². The summed E-state index contributed by atoms with van der Waals surface area (Å²) in [5.41, 5.74) is -0.261. The van der Waals surface area contributed by atoms with Gasteiger partial charge in [0.1, 0.15) is 19.8 Å². The summed E-state index contributed by atoms with van der Waals surface area (Å²) < 4.78 is 19.2. The molecular weight excluding hydrogens is 228 g/mol. The van der Waals surface area contributed by atoms with Gasteiger partial charge >= 0.3 is 12.1 Å². The number of carbonyl (C=O) groups is 2. The van der Waals surface area contributed by atoms with Gasteiger partial charge in [0.05, 0.1) is 12.2 Å². The van der Waals surface area contributed by atoms with Crippen molar-refractivity contribution < 1.29 is 28.5 Å². The summed E-state index contributed by atoms with van der Waals surface area (Å²) >= 11 is 0. The Morgan fingerprint density at radius 2 is 1.35 bits per heavy atom. The molecule has 6 heteroatoms. The summed E-state index contributed by atoms with van der Waals surface area (Å²) in [4.78, 5) is 21.4. The van der Waals surface area contributed by atoms with Gasteiger partial charge in [-0.15, -0.1) is 0 Å². The van der Waals surface area contributed by atoms with Gasteiger partial charge in [0, 0.05) is 6.92 Å². The maximum atomic E-state index is 11.0. The van der Waals surface area contributed by atoms with E-state index in [1.165, 1.54) is 6.92 Å². The quantitative estimate of drug-likeness (QED) is 0.524. The second-order valence-corrected chi connectivity index (χ2v) is 4.25. The maximum absolute atomic E-state index is 11.0. The number of esters is 1. The Morgan fingerprint density at radius 1 is 0.882 bits per heavy atom. The van der Waals surface area contributed by atoms with Gasteiger partial charge < -0.3 is 18.9 Å². The Hall–Kier alpha value is -1.30. The summed E-state index contributed by atoms with van der Waals surface area (Å²) in [5, 5.41) is 0. The Balaban J connectivity index is 3.38. The third kappa shape index (κ3) is 12.6. The lowest BCUT2D eigenvalue weighted by Gasteiger charge is -2.19. The van der Waals surface area contributed by atoms with Crippen LogP contribution in [0.5, 0.6) is 0 Å². The Kier molecular flexibility index (Phi) is 7.29. The van der Waals surface area contributed by atoms with E-state index >= 15 is 0 Å². The second-order valence-electron chi connectivity index (χ2n) is 4.25. The first-order valence-corrected chi connectivity index (χ1v) is 5.38. The van der Waals surface area contributed by atoms with E-state index in [4.69, 9.17) is 9.47 Å². The van der Waals surface area contributed by atoms with E-state index in [0.29, 0.717) is 6.61 Å². The summed E-state index contributed by atoms with van der Waals surface area (Å²) in [6, 6.07) is 0. The molecule has 100 valence electrons. The van der Waals surface area contributed by atoms with E-state index in [2.05, 4.69) is 9.47 Å². The number of hydrogen-bond acceptors (Lipinski definition) is 6. The molecule has 0 rings (SSSR count). The van der Waals surface area contributed by atoms with Gasteiger partial charge in [-0.05, 0) is 20.8 Å². The molecule has 0 atom stereocenters. The van der Waals surface area contributed by atoms with Crippen LogP contribution in [-0.2, 0) is 23.7 Å². The van der Waals surface area contributed by atoms with Crippen molar-refractivity contribution in [3.8, 4) is 0 Å². The number of hydrogen-bond donors (Lipinski definition) is 0. The normalized spacial score (nSPS) is 10.8. The molecule has 0 aliphatic heterocycles. The molecule has 0 radical (unpaired) electrons. The Morgan fingerprint density at radius 3 is 1.82 bits per heavy atom. The van der Waals surface area contributed by atoms with Crippen LogP contribution < -0.4 is 0 Å². The van der Waals surface area contributed by atoms with E-state index in [0.717, 1.165) is 0 Å². The molecule has 0 fully saturated rings. The SMILES string of the molecule is CC(=O)OCCOC(=O)OCCOC(C)(C)C. The highest BCUT2D eigenvalue weighted by molar-refractivity contribution is 5.65. The summed E-state index contributed by atoms with van der Waals surface area (Å²) in [6.07, 6.45) is -0.797. The van der Waals surface area contributed by atoms with Crippen molar-refractivity contribution in [1.29, 1.82) is 0 Å². The molecule has 0 N–H and O–H groups in total. The topological polar surface area (TPSA) is 71.1 Å². The van der Waals surface area contributed by atoms with Crippen LogP contribution in [0.3, 0.4) is 0 Å². The van der Waals surface area contributed by atoms with E-state index in [1.807, 2.05) is 20.8 Å². The molecule has 0 spiro atoms. The van der Waals surface area contributed by atoms with Gasteiger partial charge in [0.25, 0.3) is 0 Å². The predicted molar refractivity (Wildman–Crippen MR) is 59.6 cm³/mol. The van der Waals surface area contributed by atoms with Crippen LogP contribution in [0.1, 0.15) is 27.7 Å². The zero-order valence-electron chi connectivity index (χ0n) is 10.8. The molecule has 0 saturated carbocycles. The van der Waals surface area contributed by atoms with Crippen LogP contribution in [0.15, 0.2) is 0 Å². The zero-order valence-corrected chi connectivity index (χ0v) is 10.8. The summed E-state index contributed by atoms with van der Waals surface area (Å²) in [5.74, 6) is -0.416. The van der Waals surface area contributed by atoms with Crippen molar-refractivity contribution in [3.05, 3.63) is 0 Å². The third-order valence-corrected chi connectivity index (χ3v) is 1.45. The molecule has 17 heavy (non-hydrogen) atoms. The number of rotatable bonds is 6. The molecule has 0 bridgehead atoms. The fourth-order valence-corrected chi connectivity index (χ4v) is 0.825. The molecule has 0 amide bonds. The van der Waals surface area contributed by atoms with E-state index in [9.17, 15) is 9.59 Å². The van der Waals surface area contributed by atoms with E-state index < -0.39 is 12.1 Å². The molecule has 0 aromatic carbocycles. The minimum Gasteiger partial charge on any atom is -0.462 e. The molecule has 6 nitrogen and oxygen atoms in total. The van der Waals surface area contributed by atoms with Gasteiger partial charge in [-0.3, -0.25) is 4.79 Å². The maximum Gasteiger partial charge on any atom is 0.508 e. The lowest BCUT2D eigenvalue weighted by Crippen LogP contribution is -2.23. The van der Waals surface area contributed by atoms with Gasteiger partial charge in [0.15, 0.2) is 0 Å². The highest BCUT2D eigenvalue weighted by Crippen LogP contribution is 2.05. The molecule has 0 aromatic rings. The highest BCUT2D eigenvalue weighted by Gasteiger charge is 2.10. The van der Waals surface area contributed by atoms with Crippen LogP contribution in [-0.4, -0.2) is 44.2 Å². The molecular formula is C11H20O6. The predicted octanol–water partition coefficient (Wildman–Crippen LogP) is 1.52. The van der Waals surface area contributed by atoms with Gasteiger partial charge in [-0.25, -0.2) is 4.79 Å². The lowest BCUT2D eigenvalue weighted by atomic mass is 10.2. The average Bonchev–Trinajstić information content (AvgIpc) is 2.18. The lowest BCUT2D eigenvalue weighted by molar-refractivity contribution is -0.142. The Bertz CT molecular complexity index is 243. The van der Waals surface area contributed by atoms with Crippen molar-refractivity contribution in [2.24, 2.45) is 0 Å². The molecule has 0 heterocycles. The van der Waals surface area contributed by atoms with Crippen molar-refractivity contribution in [1.82, 2.24) is 0 Å². The standard InChI is InChI=1S/C11H20O6/c1-9(12)14-5-6-15-10(13)16-7-8-17-11(2,3)4/h5-8H2,1-4H3. The van der Waals surface area contributed by atoms with Crippen LogP contribution >= 0.6 is 0 Å². The fraction of sp³-hybridized carbons (Fsp3) is 0.818. The minimum absolute atomic E-state index is 0.0153. The van der Waals surface area contributed by atoms with Gasteiger partial charge in [0.2, 0.25) is 0 Å². The first-order chi connectivity index (χ1) is 7.81. The number of carbonyl (C=O) groups excluding carboxylic acids is 2. The van der Waals surface area contributed by atoms with Crippen LogP contribution in [0.2, 0.25) is 0 Å². The van der Waals surface area contributed by atoms with Gasteiger partial charge in [-0.2, -0.15) is 0 Å². The third-order valence-electron chi connectivity index (χ3n) is 1.45. The molecule has 0 aromatic heterocycles. The molecule has 0 aliphatic rings. The second kappa shape index (κ2) is 7.89.